The van der Waals surface area contributed by atoms with Crippen molar-refractivity contribution >= 4 is 15.9 Å². The van der Waals surface area contributed by atoms with E-state index in [2.05, 4.69) is 5.32 Å². The molecule has 27 heavy (non-hydrogen) atoms. The molecule has 0 aliphatic heterocycles. The van der Waals surface area contributed by atoms with Crippen LogP contribution in [0.1, 0.15) is 44.7 Å². The summed E-state index contributed by atoms with van der Waals surface area (Å²) in [5, 5.41) is 2.94. The summed E-state index contributed by atoms with van der Waals surface area (Å²) in [7, 11) is -3.60. The Morgan fingerprint density at radius 2 is 1.59 bits per heavy atom. The van der Waals surface area contributed by atoms with Gasteiger partial charge in [0, 0.05) is 19.5 Å². The lowest BCUT2D eigenvalue weighted by molar-refractivity contribution is -0.121. The van der Waals surface area contributed by atoms with Crippen LogP contribution < -0.4 is 5.32 Å². The molecule has 0 heterocycles. The Bertz CT molecular complexity index is 808. The lowest BCUT2D eigenvalue weighted by Gasteiger charge is -2.22. The van der Waals surface area contributed by atoms with Gasteiger partial charge in [0.2, 0.25) is 15.9 Å². The fourth-order valence-electron chi connectivity index (χ4n) is 2.79. The van der Waals surface area contributed by atoms with Gasteiger partial charge in [0.15, 0.2) is 0 Å². The van der Waals surface area contributed by atoms with Gasteiger partial charge in [-0.25, -0.2) is 8.42 Å². The molecule has 1 N–H and O–H groups in total. The molecule has 0 saturated carbocycles. The third-order valence-electron chi connectivity index (χ3n) is 4.41. The van der Waals surface area contributed by atoms with Crippen LogP contribution in [0.4, 0.5) is 0 Å². The summed E-state index contributed by atoms with van der Waals surface area (Å²) in [6.45, 7) is 4.52. The number of nitrogens with one attached hydrogen (secondary N) is 1. The van der Waals surface area contributed by atoms with Crippen molar-refractivity contribution < 1.29 is 13.2 Å². The molecule has 0 aromatic heterocycles. The number of hydrogen-bond donors (Lipinski definition) is 1. The van der Waals surface area contributed by atoms with E-state index in [0.29, 0.717) is 6.54 Å². The molecule has 0 aliphatic rings. The van der Waals surface area contributed by atoms with E-state index >= 15 is 0 Å². The number of amides is 1. The van der Waals surface area contributed by atoms with Crippen LogP contribution in [0.15, 0.2) is 65.6 Å². The van der Waals surface area contributed by atoms with Crippen LogP contribution in [-0.4, -0.2) is 31.7 Å². The maximum absolute atomic E-state index is 12.9. The first-order chi connectivity index (χ1) is 12.9. The first-order valence-electron chi connectivity index (χ1n) is 9.34. The number of sulfonamides is 1. The third kappa shape index (κ3) is 6.19. The standard InChI is InChI=1S/C21H28N2O3S/c1-3-4-16-23(27(25,26)20-13-9-6-10-14-20)17-15-21(24)22-18(2)19-11-7-5-8-12-19/h5-14,18H,3-4,15-17H2,1-2H3,(H,22,24). The summed E-state index contributed by atoms with van der Waals surface area (Å²) >= 11 is 0. The lowest BCUT2D eigenvalue weighted by atomic mass is 10.1. The molecule has 0 fully saturated rings. The third-order valence-corrected chi connectivity index (χ3v) is 6.32. The highest BCUT2D eigenvalue weighted by Crippen LogP contribution is 2.17. The minimum atomic E-state index is -3.60. The average molecular weight is 389 g/mol. The van der Waals surface area contributed by atoms with Gasteiger partial charge in [-0.3, -0.25) is 4.79 Å². The monoisotopic (exact) mass is 388 g/mol. The fraction of sp³-hybridized carbons (Fsp3) is 0.381. The predicted octanol–water partition coefficient (Wildman–Crippen LogP) is 3.74. The van der Waals surface area contributed by atoms with E-state index in [0.717, 1.165) is 18.4 Å². The number of carbonyl (C=O) groups excluding carboxylic acids is 1. The van der Waals surface area contributed by atoms with Gasteiger partial charge < -0.3 is 5.32 Å². The van der Waals surface area contributed by atoms with E-state index in [-0.39, 0.29) is 29.8 Å². The summed E-state index contributed by atoms with van der Waals surface area (Å²) in [4.78, 5) is 12.6. The first kappa shape index (κ1) is 21.1. The van der Waals surface area contributed by atoms with Crippen LogP contribution >= 0.6 is 0 Å². The number of carbonyl (C=O) groups is 1. The van der Waals surface area contributed by atoms with Crippen LogP contribution in [0.5, 0.6) is 0 Å². The highest BCUT2D eigenvalue weighted by Gasteiger charge is 2.24. The van der Waals surface area contributed by atoms with Gasteiger partial charge in [0.1, 0.15) is 0 Å². The van der Waals surface area contributed by atoms with Crippen molar-refractivity contribution in [3.8, 4) is 0 Å². The van der Waals surface area contributed by atoms with Crippen molar-refractivity contribution in [3.05, 3.63) is 66.2 Å². The van der Waals surface area contributed by atoms with Gasteiger partial charge in [-0.2, -0.15) is 4.31 Å². The quantitative estimate of drug-likeness (QED) is 0.674. The number of benzene rings is 2. The Labute approximate surface area is 162 Å². The van der Waals surface area contributed by atoms with Crippen LogP contribution in [0.2, 0.25) is 0 Å². The molecule has 0 bridgehead atoms. The second-order valence-electron chi connectivity index (χ2n) is 6.52. The maximum atomic E-state index is 12.9. The number of hydrogen-bond acceptors (Lipinski definition) is 3. The molecule has 0 saturated heterocycles. The second kappa shape index (κ2) is 10.2. The number of nitrogens with zero attached hydrogens (tertiary/aromatic N) is 1. The average Bonchev–Trinajstić information content (AvgIpc) is 2.69. The Kier molecular flexibility index (Phi) is 8.00. The Balaban J connectivity index is 2.00. The second-order valence-corrected chi connectivity index (χ2v) is 8.46. The van der Waals surface area contributed by atoms with Gasteiger partial charge >= 0.3 is 0 Å². The molecule has 146 valence electrons. The van der Waals surface area contributed by atoms with E-state index in [9.17, 15) is 13.2 Å². The summed E-state index contributed by atoms with van der Waals surface area (Å²) in [6, 6.07) is 18.0. The molecule has 2 aromatic rings. The molecule has 6 heteroatoms. The Hall–Kier alpha value is -2.18. The van der Waals surface area contributed by atoms with Crippen LogP contribution in [0, 0.1) is 0 Å². The minimum absolute atomic E-state index is 0.117. The maximum Gasteiger partial charge on any atom is 0.243 e. The zero-order valence-electron chi connectivity index (χ0n) is 16.0. The normalized spacial score (nSPS) is 12.7. The highest BCUT2D eigenvalue weighted by molar-refractivity contribution is 7.89. The molecule has 1 unspecified atom stereocenters. The molecule has 0 aliphatic carbocycles. The zero-order valence-corrected chi connectivity index (χ0v) is 16.8. The minimum Gasteiger partial charge on any atom is -0.350 e. The molecule has 2 rings (SSSR count). The molecule has 1 amide bonds. The van der Waals surface area contributed by atoms with Crippen molar-refractivity contribution in [1.82, 2.24) is 9.62 Å². The molecule has 5 nitrogen and oxygen atoms in total. The van der Waals surface area contributed by atoms with E-state index in [1.54, 1.807) is 30.3 Å². The molecular weight excluding hydrogens is 360 g/mol. The summed E-state index contributed by atoms with van der Waals surface area (Å²) in [5.74, 6) is -0.156. The summed E-state index contributed by atoms with van der Waals surface area (Å²) in [6.07, 6.45) is 1.78. The smallest absolute Gasteiger partial charge is 0.243 e. The van der Waals surface area contributed by atoms with E-state index < -0.39 is 10.0 Å². The van der Waals surface area contributed by atoms with Crippen LogP contribution in [0.3, 0.4) is 0 Å². The van der Waals surface area contributed by atoms with Crippen LogP contribution in [-0.2, 0) is 14.8 Å². The van der Waals surface area contributed by atoms with Gasteiger partial charge in [-0.15, -0.1) is 0 Å². The SMILES string of the molecule is CCCCN(CCC(=O)NC(C)c1ccccc1)S(=O)(=O)c1ccccc1. The molecular formula is C21H28N2O3S. The molecule has 2 aromatic carbocycles. The van der Waals surface area contributed by atoms with Crippen molar-refractivity contribution in [2.45, 2.75) is 44.0 Å². The van der Waals surface area contributed by atoms with Gasteiger partial charge in [-0.1, -0.05) is 61.9 Å². The van der Waals surface area contributed by atoms with Gasteiger partial charge in [-0.05, 0) is 31.0 Å². The van der Waals surface area contributed by atoms with Gasteiger partial charge in [0.25, 0.3) is 0 Å². The van der Waals surface area contributed by atoms with E-state index in [1.807, 2.05) is 44.2 Å². The van der Waals surface area contributed by atoms with Gasteiger partial charge in [0.05, 0.1) is 10.9 Å². The number of unbranched alkanes of at least 4 members (excludes halogenated alkanes) is 1. The largest absolute Gasteiger partial charge is 0.350 e. The highest BCUT2D eigenvalue weighted by atomic mass is 32.2. The molecule has 0 spiro atoms. The van der Waals surface area contributed by atoms with Crippen molar-refractivity contribution in [3.63, 3.8) is 0 Å². The number of rotatable bonds is 10. The van der Waals surface area contributed by atoms with E-state index in [1.165, 1.54) is 4.31 Å². The predicted molar refractivity (Wildman–Crippen MR) is 108 cm³/mol. The van der Waals surface area contributed by atoms with Crippen molar-refractivity contribution in [2.75, 3.05) is 13.1 Å². The molecule has 1 atom stereocenters. The Morgan fingerprint density at radius 1 is 1.00 bits per heavy atom. The summed E-state index contributed by atoms with van der Waals surface area (Å²) < 4.78 is 27.2. The topological polar surface area (TPSA) is 66.5 Å². The van der Waals surface area contributed by atoms with Crippen LogP contribution in [0.25, 0.3) is 0 Å². The zero-order chi connectivity index (χ0) is 19.7. The Morgan fingerprint density at radius 3 is 2.19 bits per heavy atom. The lowest BCUT2D eigenvalue weighted by Crippen LogP contribution is -2.36. The van der Waals surface area contributed by atoms with E-state index in [4.69, 9.17) is 0 Å². The van der Waals surface area contributed by atoms with Crippen molar-refractivity contribution in [2.24, 2.45) is 0 Å². The summed E-state index contributed by atoms with van der Waals surface area (Å²) in [5.41, 5.74) is 1.02. The fourth-order valence-corrected chi connectivity index (χ4v) is 4.29. The van der Waals surface area contributed by atoms with Crippen molar-refractivity contribution in [1.29, 1.82) is 0 Å². The first-order valence-corrected chi connectivity index (χ1v) is 10.8. The molecule has 0 radical (unpaired) electrons.